The number of fused-ring (bicyclic) bond motifs is 6. The molecule has 4 heterocycles. The van der Waals surface area contributed by atoms with E-state index >= 15 is 0 Å². The molecule has 0 fully saturated rings. The van der Waals surface area contributed by atoms with Crippen molar-refractivity contribution >= 4 is 35.1 Å². The highest BCUT2D eigenvalue weighted by Gasteiger charge is 2.38. The molecular weight excluding hydrogens is 719 g/mol. The van der Waals surface area contributed by atoms with Crippen LogP contribution in [-0.2, 0) is 25.9 Å². The zero-order chi connectivity index (χ0) is 39.6. The maximum Gasteiger partial charge on any atom is 0.257 e. The molecule has 4 aromatic rings. The second-order valence-electron chi connectivity index (χ2n) is 14.5. The zero-order valence-electron chi connectivity index (χ0n) is 32.4. The minimum atomic E-state index is -0.153. The summed E-state index contributed by atoms with van der Waals surface area (Å²) in [5.41, 5.74) is 8.04. The van der Waals surface area contributed by atoms with Crippen LogP contribution < -0.4 is 24.3 Å². The Morgan fingerprint density at radius 2 is 1.42 bits per heavy atom. The number of allylic oxidation sites excluding steroid dienone is 2. The number of carbonyl (C=O) groups excluding carboxylic acids is 2. The fraction of sp³-hybridized carbons (Fsp3) is 0.261. The van der Waals surface area contributed by atoms with E-state index in [9.17, 15) is 9.59 Å². The number of nitrogens with one attached hydrogen (secondary N) is 1. The molecule has 8 rings (SSSR count). The van der Waals surface area contributed by atoms with Crippen molar-refractivity contribution in [3.8, 4) is 23.0 Å². The van der Waals surface area contributed by atoms with Crippen molar-refractivity contribution in [3.05, 3.63) is 143 Å². The van der Waals surface area contributed by atoms with Gasteiger partial charge in [-0.2, -0.15) is 0 Å². The smallest absolute Gasteiger partial charge is 0.257 e. The van der Waals surface area contributed by atoms with Gasteiger partial charge in [0.2, 0.25) is 0 Å². The number of rotatable bonds is 11. The van der Waals surface area contributed by atoms with E-state index in [-0.39, 0.29) is 43.2 Å². The van der Waals surface area contributed by atoms with Gasteiger partial charge in [-0.05, 0) is 66.3 Å². The minimum absolute atomic E-state index is 0.00582. The molecule has 0 bridgehead atoms. The SMILES string of the molecule is C=C/C=C(/COc1cc2c(cc1OC)C(=O)N1Cc3ccccc3C[C@H]1C=N2)N=C(C=C)COc1cc2c(cc1OC)C(=O)N1Cc3ccccc3C[C@H]1C(C)N2. The van der Waals surface area contributed by atoms with Gasteiger partial charge in [0.05, 0.1) is 60.2 Å². The number of hydrogen-bond acceptors (Lipinski definition) is 9. The van der Waals surface area contributed by atoms with E-state index in [0.29, 0.717) is 76.4 Å². The number of carbonyl (C=O) groups is 2. The topological polar surface area (TPSA) is 114 Å². The van der Waals surface area contributed by atoms with E-state index < -0.39 is 0 Å². The molecule has 1 N–H and O–H groups in total. The first-order valence-electron chi connectivity index (χ1n) is 19.1. The van der Waals surface area contributed by atoms with Crippen LogP contribution in [0.1, 0.15) is 49.9 Å². The highest BCUT2D eigenvalue weighted by Crippen LogP contribution is 2.40. The quantitative estimate of drug-likeness (QED) is 0.124. The number of hydrogen-bond donors (Lipinski definition) is 1. The summed E-state index contributed by atoms with van der Waals surface area (Å²) < 4.78 is 24.0. The molecule has 4 aromatic carbocycles. The molecule has 2 amide bonds. The van der Waals surface area contributed by atoms with Crippen LogP contribution in [0.25, 0.3) is 0 Å². The Morgan fingerprint density at radius 1 is 0.807 bits per heavy atom. The largest absolute Gasteiger partial charge is 0.493 e. The number of nitrogens with zero attached hydrogens (tertiary/aromatic N) is 4. The number of aliphatic imine (C=N–C) groups is 2. The molecule has 1 unspecified atom stereocenters. The molecule has 0 saturated heterocycles. The van der Waals surface area contributed by atoms with Crippen LogP contribution in [0, 0.1) is 0 Å². The van der Waals surface area contributed by atoms with E-state index in [1.54, 1.807) is 43.5 Å². The van der Waals surface area contributed by atoms with Gasteiger partial charge >= 0.3 is 0 Å². The lowest BCUT2D eigenvalue weighted by atomic mass is 9.90. The standard InChI is InChI=1S/C46H45N5O6/c1-6-12-34(27-57-43-21-38-36(19-41(43)54-4)45(52)50-24-31-15-10-8-13-29(31)17-35(50)23-47-38)49-33(7-2)26-56-44-22-39-37(20-42(44)55-5)46(53)51-25-32-16-11-9-14-30(32)18-40(51)28(3)48-39/h6-16,19-23,28,35,40,48H,1-2,17-18,24-27H2,3-5H3/b34-12-,49-33?/t28?,35-,40-/m0/s1. The molecule has 0 aliphatic carbocycles. The van der Waals surface area contributed by atoms with Crippen LogP contribution in [0.15, 0.2) is 120 Å². The third-order valence-electron chi connectivity index (χ3n) is 11.1. The summed E-state index contributed by atoms with van der Waals surface area (Å²) in [6.07, 6.45) is 8.30. The van der Waals surface area contributed by atoms with Crippen molar-refractivity contribution in [1.29, 1.82) is 0 Å². The molecule has 0 radical (unpaired) electrons. The highest BCUT2D eigenvalue weighted by atomic mass is 16.5. The van der Waals surface area contributed by atoms with Crippen LogP contribution in [0.5, 0.6) is 23.0 Å². The summed E-state index contributed by atoms with van der Waals surface area (Å²) in [5.74, 6) is 1.54. The summed E-state index contributed by atoms with van der Waals surface area (Å²) >= 11 is 0. The van der Waals surface area contributed by atoms with Crippen molar-refractivity contribution in [2.75, 3.05) is 32.8 Å². The Labute approximate surface area is 332 Å². The molecule has 0 saturated carbocycles. The maximum absolute atomic E-state index is 14.0. The van der Waals surface area contributed by atoms with Crippen LogP contribution in [-0.4, -0.2) is 79.1 Å². The van der Waals surface area contributed by atoms with E-state index in [4.69, 9.17) is 28.9 Å². The van der Waals surface area contributed by atoms with Crippen LogP contribution in [0.4, 0.5) is 11.4 Å². The molecule has 290 valence electrons. The molecule has 4 aliphatic heterocycles. The Bertz CT molecular complexity index is 2370. The maximum atomic E-state index is 14.0. The summed E-state index contributed by atoms with van der Waals surface area (Å²) in [7, 11) is 3.09. The first-order chi connectivity index (χ1) is 27.8. The van der Waals surface area contributed by atoms with Crippen molar-refractivity contribution in [3.63, 3.8) is 0 Å². The Balaban J connectivity index is 0.982. The second-order valence-corrected chi connectivity index (χ2v) is 14.5. The Kier molecular flexibility index (Phi) is 10.4. The lowest BCUT2D eigenvalue weighted by molar-refractivity contribution is 0.0632. The number of anilines is 1. The average molecular weight is 764 g/mol. The minimum Gasteiger partial charge on any atom is -0.493 e. The average Bonchev–Trinajstić information content (AvgIpc) is 3.42. The van der Waals surface area contributed by atoms with Gasteiger partial charge in [0.1, 0.15) is 13.2 Å². The van der Waals surface area contributed by atoms with Crippen LogP contribution in [0.2, 0.25) is 0 Å². The van der Waals surface area contributed by atoms with Crippen molar-refractivity contribution in [2.45, 2.75) is 51.0 Å². The van der Waals surface area contributed by atoms with Gasteiger partial charge in [0.15, 0.2) is 23.0 Å². The number of benzene rings is 4. The fourth-order valence-electron chi connectivity index (χ4n) is 8.04. The van der Waals surface area contributed by atoms with Crippen LogP contribution >= 0.6 is 0 Å². The molecule has 0 aromatic heterocycles. The Hall–Kier alpha value is -6.62. The lowest BCUT2D eigenvalue weighted by Gasteiger charge is -2.38. The van der Waals surface area contributed by atoms with Crippen molar-refractivity contribution < 1.29 is 28.5 Å². The first kappa shape index (κ1) is 37.3. The fourth-order valence-corrected chi connectivity index (χ4v) is 8.04. The van der Waals surface area contributed by atoms with Gasteiger partial charge in [-0.1, -0.05) is 67.8 Å². The van der Waals surface area contributed by atoms with Gasteiger partial charge in [0, 0.05) is 37.5 Å². The summed E-state index contributed by atoms with van der Waals surface area (Å²) in [5, 5.41) is 3.58. The van der Waals surface area contributed by atoms with Gasteiger partial charge in [-0.25, -0.2) is 0 Å². The summed E-state index contributed by atoms with van der Waals surface area (Å²) in [6.45, 7) is 11.1. The molecule has 4 aliphatic rings. The van der Waals surface area contributed by atoms with Gasteiger partial charge in [-0.3, -0.25) is 19.6 Å². The van der Waals surface area contributed by atoms with E-state index in [2.05, 4.69) is 49.7 Å². The monoisotopic (exact) mass is 763 g/mol. The molecule has 11 nitrogen and oxygen atoms in total. The van der Waals surface area contributed by atoms with Crippen molar-refractivity contribution in [2.24, 2.45) is 9.98 Å². The summed E-state index contributed by atoms with van der Waals surface area (Å²) in [4.78, 5) is 41.2. The van der Waals surface area contributed by atoms with Gasteiger partial charge in [-0.15, -0.1) is 0 Å². The first-order valence-corrected chi connectivity index (χ1v) is 19.1. The predicted molar refractivity (Wildman–Crippen MR) is 222 cm³/mol. The summed E-state index contributed by atoms with van der Waals surface area (Å²) in [6, 6.07) is 23.3. The van der Waals surface area contributed by atoms with E-state index in [0.717, 1.165) is 12.0 Å². The zero-order valence-corrected chi connectivity index (χ0v) is 32.4. The second kappa shape index (κ2) is 15.9. The Morgan fingerprint density at radius 3 is 2.11 bits per heavy atom. The number of amides is 2. The van der Waals surface area contributed by atoms with Crippen LogP contribution in [0.3, 0.4) is 0 Å². The number of ether oxygens (including phenoxy) is 4. The molecule has 0 spiro atoms. The van der Waals surface area contributed by atoms with E-state index in [1.807, 2.05) is 46.3 Å². The normalized spacial score (nSPS) is 19.6. The molecule has 11 heteroatoms. The molecular formula is C46H45N5O6. The molecule has 57 heavy (non-hydrogen) atoms. The lowest BCUT2D eigenvalue weighted by Crippen LogP contribution is -2.49. The highest BCUT2D eigenvalue weighted by molar-refractivity contribution is 6.04. The van der Waals surface area contributed by atoms with Gasteiger partial charge in [0.25, 0.3) is 11.8 Å². The molecule has 3 atom stereocenters. The van der Waals surface area contributed by atoms with E-state index in [1.165, 1.54) is 23.8 Å². The third-order valence-corrected chi connectivity index (χ3v) is 11.1. The third kappa shape index (κ3) is 7.28. The van der Waals surface area contributed by atoms with Gasteiger partial charge < -0.3 is 34.1 Å². The number of methoxy groups -OCH3 is 2. The van der Waals surface area contributed by atoms with Crippen molar-refractivity contribution in [1.82, 2.24) is 9.80 Å². The predicted octanol–water partition coefficient (Wildman–Crippen LogP) is 7.52.